The molecule has 24 heavy (non-hydrogen) atoms. The summed E-state index contributed by atoms with van der Waals surface area (Å²) in [4.78, 5) is 12.3. The molecule has 0 aliphatic rings. The number of amides is 1. The minimum atomic E-state index is -0.491. The zero-order valence-electron chi connectivity index (χ0n) is 13.8. The number of aromatic hydroxyl groups is 1. The maximum Gasteiger partial charge on any atom is 0.266 e. The first-order valence-corrected chi connectivity index (χ1v) is 7.31. The standard InChI is InChI=1S/C19H18N2O3/c1-12-6-13(2)8-16(7-12)21-19(23)15(11-20)9-14-4-5-17(22)18(10-14)24-3/h4-10,22H,1-3H3,(H,21,23). The molecular weight excluding hydrogens is 304 g/mol. The second-order valence-corrected chi connectivity index (χ2v) is 5.43. The van der Waals surface area contributed by atoms with Crippen molar-refractivity contribution in [1.29, 1.82) is 5.26 Å². The molecule has 5 heteroatoms. The van der Waals surface area contributed by atoms with Crippen LogP contribution in [-0.2, 0) is 4.79 Å². The summed E-state index contributed by atoms with van der Waals surface area (Å²) in [5.74, 6) is -0.224. The number of nitrogens with one attached hydrogen (secondary N) is 1. The van der Waals surface area contributed by atoms with E-state index in [0.717, 1.165) is 11.1 Å². The maximum atomic E-state index is 12.3. The lowest BCUT2D eigenvalue weighted by atomic mass is 10.1. The molecule has 0 aromatic heterocycles. The Morgan fingerprint density at radius 2 is 1.88 bits per heavy atom. The van der Waals surface area contributed by atoms with Gasteiger partial charge in [0.25, 0.3) is 5.91 Å². The molecule has 0 unspecified atom stereocenters. The molecule has 0 atom stereocenters. The fourth-order valence-electron chi connectivity index (χ4n) is 2.34. The summed E-state index contributed by atoms with van der Waals surface area (Å²) < 4.78 is 5.02. The normalized spacial score (nSPS) is 10.8. The van der Waals surface area contributed by atoms with Gasteiger partial charge in [-0.3, -0.25) is 4.79 Å². The van der Waals surface area contributed by atoms with Gasteiger partial charge in [0.1, 0.15) is 11.6 Å². The van der Waals surface area contributed by atoms with Crippen molar-refractivity contribution in [2.75, 3.05) is 12.4 Å². The summed E-state index contributed by atoms with van der Waals surface area (Å²) in [5.41, 5.74) is 3.23. The highest BCUT2D eigenvalue weighted by Crippen LogP contribution is 2.27. The molecule has 0 fully saturated rings. The third-order valence-corrected chi connectivity index (χ3v) is 3.36. The van der Waals surface area contributed by atoms with Crippen molar-refractivity contribution in [1.82, 2.24) is 0 Å². The molecule has 0 aliphatic heterocycles. The number of nitriles is 1. The lowest BCUT2D eigenvalue weighted by Crippen LogP contribution is -2.13. The van der Waals surface area contributed by atoms with E-state index >= 15 is 0 Å². The molecule has 2 aromatic carbocycles. The minimum Gasteiger partial charge on any atom is -0.504 e. The Balaban J connectivity index is 2.27. The van der Waals surface area contributed by atoms with Gasteiger partial charge >= 0.3 is 0 Å². The lowest BCUT2D eigenvalue weighted by Gasteiger charge is -2.07. The minimum absolute atomic E-state index is 0.00662. The fourth-order valence-corrected chi connectivity index (χ4v) is 2.34. The van der Waals surface area contributed by atoms with Crippen molar-refractivity contribution in [2.24, 2.45) is 0 Å². The van der Waals surface area contributed by atoms with E-state index in [0.29, 0.717) is 11.3 Å². The number of benzene rings is 2. The number of hydrogen-bond acceptors (Lipinski definition) is 4. The van der Waals surface area contributed by atoms with Gasteiger partial charge in [0.05, 0.1) is 7.11 Å². The molecule has 2 N–H and O–H groups in total. The summed E-state index contributed by atoms with van der Waals surface area (Å²) in [6, 6.07) is 12.2. The number of phenols is 1. The molecule has 0 saturated carbocycles. The van der Waals surface area contributed by atoms with E-state index in [1.54, 1.807) is 12.1 Å². The molecule has 0 bridgehead atoms. The van der Waals surface area contributed by atoms with Gasteiger partial charge in [-0.15, -0.1) is 0 Å². The summed E-state index contributed by atoms with van der Waals surface area (Å²) in [6.07, 6.45) is 1.44. The number of rotatable bonds is 4. The van der Waals surface area contributed by atoms with Crippen molar-refractivity contribution in [2.45, 2.75) is 13.8 Å². The Morgan fingerprint density at radius 3 is 2.46 bits per heavy atom. The molecule has 5 nitrogen and oxygen atoms in total. The van der Waals surface area contributed by atoms with Crippen LogP contribution in [0.5, 0.6) is 11.5 Å². The molecule has 0 radical (unpaired) electrons. The van der Waals surface area contributed by atoms with E-state index in [1.165, 1.54) is 19.3 Å². The van der Waals surface area contributed by atoms with Gasteiger partial charge in [0, 0.05) is 5.69 Å². The van der Waals surface area contributed by atoms with Crippen LogP contribution in [0.2, 0.25) is 0 Å². The zero-order chi connectivity index (χ0) is 17.7. The van der Waals surface area contributed by atoms with Crippen LogP contribution in [0.1, 0.15) is 16.7 Å². The van der Waals surface area contributed by atoms with Crippen LogP contribution in [0.3, 0.4) is 0 Å². The lowest BCUT2D eigenvalue weighted by molar-refractivity contribution is -0.112. The third-order valence-electron chi connectivity index (χ3n) is 3.36. The Bertz CT molecular complexity index is 828. The molecule has 0 saturated heterocycles. The van der Waals surface area contributed by atoms with E-state index in [-0.39, 0.29) is 17.1 Å². The van der Waals surface area contributed by atoms with Gasteiger partial charge in [-0.2, -0.15) is 5.26 Å². The number of carbonyl (C=O) groups excluding carboxylic acids is 1. The monoisotopic (exact) mass is 322 g/mol. The maximum absolute atomic E-state index is 12.3. The summed E-state index contributed by atoms with van der Waals surface area (Å²) >= 11 is 0. The van der Waals surface area contributed by atoms with Crippen molar-refractivity contribution in [3.63, 3.8) is 0 Å². The first kappa shape index (κ1) is 17.1. The second kappa shape index (κ2) is 7.34. The van der Waals surface area contributed by atoms with Gasteiger partial charge in [0.15, 0.2) is 11.5 Å². The Morgan fingerprint density at radius 1 is 1.21 bits per heavy atom. The van der Waals surface area contributed by atoms with Crippen LogP contribution >= 0.6 is 0 Å². The SMILES string of the molecule is COc1cc(C=C(C#N)C(=O)Nc2cc(C)cc(C)c2)ccc1O. The number of methoxy groups -OCH3 is 1. The van der Waals surface area contributed by atoms with Gasteiger partial charge in [0.2, 0.25) is 0 Å². The highest BCUT2D eigenvalue weighted by molar-refractivity contribution is 6.09. The number of nitrogens with zero attached hydrogens (tertiary/aromatic N) is 1. The highest BCUT2D eigenvalue weighted by Gasteiger charge is 2.11. The third kappa shape index (κ3) is 4.14. The molecule has 2 rings (SSSR count). The Kier molecular flexibility index (Phi) is 5.23. The van der Waals surface area contributed by atoms with Crippen molar-refractivity contribution >= 4 is 17.7 Å². The summed E-state index contributed by atoms with van der Waals surface area (Å²) in [7, 11) is 1.43. The average molecular weight is 322 g/mol. The van der Waals surface area contributed by atoms with Crippen LogP contribution in [0.15, 0.2) is 42.0 Å². The summed E-state index contributed by atoms with van der Waals surface area (Å²) in [6.45, 7) is 3.87. The van der Waals surface area contributed by atoms with Crippen LogP contribution in [0, 0.1) is 25.2 Å². The largest absolute Gasteiger partial charge is 0.504 e. The van der Waals surface area contributed by atoms with E-state index in [1.807, 2.05) is 38.1 Å². The molecule has 0 spiro atoms. The van der Waals surface area contributed by atoms with Crippen LogP contribution in [0.25, 0.3) is 6.08 Å². The van der Waals surface area contributed by atoms with E-state index in [4.69, 9.17) is 4.74 Å². The molecule has 0 heterocycles. The van der Waals surface area contributed by atoms with Crippen molar-refractivity contribution in [3.05, 3.63) is 58.7 Å². The van der Waals surface area contributed by atoms with Crippen molar-refractivity contribution < 1.29 is 14.6 Å². The average Bonchev–Trinajstić information content (AvgIpc) is 2.52. The van der Waals surface area contributed by atoms with Crippen LogP contribution < -0.4 is 10.1 Å². The van der Waals surface area contributed by atoms with E-state index in [2.05, 4.69) is 5.32 Å². The predicted molar refractivity (Wildman–Crippen MR) is 92.8 cm³/mol. The van der Waals surface area contributed by atoms with Gasteiger partial charge in [-0.25, -0.2) is 0 Å². The van der Waals surface area contributed by atoms with Gasteiger partial charge in [-0.05, 0) is 60.9 Å². The number of aryl methyl sites for hydroxylation is 2. The van der Waals surface area contributed by atoms with Crippen LogP contribution in [-0.4, -0.2) is 18.1 Å². The smallest absolute Gasteiger partial charge is 0.266 e. The van der Waals surface area contributed by atoms with Gasteiger partial charge in [-0.1, -0.05) is 12.1 Å². The molecule has 0 aliphatic carbocycles. The van der Waals surface area contributed by atoms with E-state index in [9.17, 15) is 15.2 Å². The summed E-state index contributed by atoms with van der Waals surface area (Å²) in [5, 5.41) is 21.6. The van der Waals surface area contributed by atoms with E-state index < -0.39 is 5.91 Å². The predicted octanol–water partition coefficient (Wildman–Crippen LogP) is 3.56. The topological polar surface area (TPSA) is 82.3 Å². The number of anilines is 1. The fraction of sp³-hybridized carbons (Fsp3) is 0.158. The second-order valence-electron chi connectivity index (χ2n) is 5.43. The molecule has 1 amide bonds. The molecular formula is C19H18N2O3. The molecule has 2 aromatic rings. The number of ether oxygens (including phenoxy) is 1. The van der Waals surface area contributed by atoms with Crippen LogP contribution in [0.4, 0.5) is 5.69 Å². The zero-order valence-corrected chi connectivity index (χ0v) is 13.8. The first-order chi connectivity index (χ1) is 11.4. The van der Waals surface area contributed by atoms with Gasteiger partial charge < -0.3 is 15.2 Å². The number of carbonyl (C=O) groups is 1. The quantitative estimate of drug-likeness (QED) is 0.666. The first-order valence-electron chi connectivity index (χ1n) is 7.31. The molecule has 122 valence electrons. The number of phenolic OH excluding ortho intramolecular Hbond substituents is 1. The Labute approximate surface area is 140 Å². The van der Waals surface area contributed by atoms with Crippen molar-refractivity contribution in [3.8, 4) is 17.6 Å². The Hall–Kier alpha value is -3.26. The highest BCUT2D eigenvalue weighted by atomic mass is 16.5. The number of hydrogen-bond donors (Lipinski definition) is 2.